The third-order valence-corrected chi connectivity index (χ3v) is 7.39. The van der Waals surface area contributed by atoms with E-state index in [-0.39, 0.29) is 11.8 Å². The Morgan fingerprint density at radius 3 is 2.62 bits per heavy atom. The molecular weight excluding hydrogens is 530 g/mol. The molecule has 1 atom stereocenters. The summed E-state index contributed by atoms with van der Waals surface area (Å²) >= 11 is 1.45. The number of carbonyl (C=O) groups excluding carboxylic acids is 1. The number of rotatable bonds is 9. The highest BCUT2D eigenvalue weighted by Crippen LogP contribution is 2.34. The second-order valence-electron chi connectivity index (χ2n) is 9.14. The van der Waals surface area contributed by atoms with Gasteiger partial charge >= 0.3 is 0 Å². The van der Waals surface area contributed by atoms with Gasteiger partial charge in [-0.15, -0.1) is 11.3 Å². The van der Waals surface area contributed by atoms with E-state index in [1.807, 2.05) is 43.3 Å². The Balaban J connectivity index is 1.32. The Bertz CT molecular complexity index is 1520. The van der Waals surface area contributed by atoms with Crippen molar-refractivity contribution in [3.05, 3.63) is 53.8 Å². The summed E-state index contributed by atoms with van der Waals surface area (Å²) in [5.74, 6) is 2.79. The first-order valence-electron chi connectivity index (χ1n) is 12.9. The second kappa shape index (κ2) is 12.2. The van der Waals surface area contributed by atoms with Crippen molar-refractivity contribution in [3.8, 4) is 11.5 Å². The van der Waals surface area contributed by atoms with E-state index in [1.54, 1.807) is 33.0 Å². The van der Waals surface area contributed by atoms with Gasteiger partial charge in [-0.25, -0.2) is 4.98 Å². The minimum Gasteiger partial charge on any atom is -0.495 e. The first-order chi connectivity index (χ1) is 19.5. The summed E-state index contributed by atoms with van der Waals surface area (Å²) in [7, 11) is 4.80. The number of thiazole rings is 1. The zero-order chi connectivity index (χ0) is 28.1. The number of hydrogen-bond donors (Lipinski definition) is 2. The fourth-order valence-corrected chi connectivity index (χ4v) is 5.28. The van der Waals surface area contributed by atoms with Crippen LogP contribution in [0.4, 0.5) is 23.1 Å². The van der Waals surface area contributed by atoms with Crippen LogP contribution in [0.15, 0.2) is 48.1 Å². The Kier molecular flexibility index (Phi) is 8.25. The minimum absolute atomic E-state index is 0.0557. The van der Waals surface area contributed by atoms with Crippen LogP contribution in [0.3, 0.4) is 0 Å². The van der Waals surface area contributed by atoms with Gasteiger partial charge in [0.05, 0.1) is 44.6 Å². The van der Waals surface area contributed by atoms with Crippen molar-refractivity contribution >= 4 is 56.5 Å². The van der Waals surface area contributed by atoms with Gasteiger partial charge < -0.3 is 29.7 Å². The number of ether oxygens (including phenoxy) is 3. The quantitative estimate of drug-likeness (QED) is 0.267. The molecule has 0 bridgehead atoms. The van der Waals surface area contributed by atoms with Crippen molar-refractivity contribution in [2.45, 2.75) is 19.8 Å². The maximum Gasteiger partial charge on any atom is 0.229 e. The van der Waals surface area contributed by atoms with Crippen LogP contribution in [0.25, 0.3) is 16.1 Å². The van der Waals surface area contributed by atoms with E-state index in [0.717, 1.165) is 29.9 Å². The highest BCUT2D eigenvalue weighted by atomic mass is 32.1. The monoisotopic (exact) mass is 561 g/mol. The molecule has 1 amide bonds. The molecule has 2 N–H and O–H groups in total. The Morgan fingerprint density at radius 1 is 1.07 bits per heavy atom. The van der Waals surface area contributed by atoms with Crippen molar-refractivity contribution in [1.29, 1.82) is 0 Å². The number of methoxy groups -OCH3 is 3. The lowest BCUT2D eigenvalue weighted by atomic mass is 9.97. The molecule has 208 valence electrons. The highest BCUT2D eigenvalue weighted by molar-refractivity contribution is 7.16. The first kappa shape index (κ1) is 27.1. The zero-order valence-electron chi connectivity index (χ0n) is 22.8. The number of benzene rings is 1. The van der Waals surface area contributed by atoms with Crippen LogP contribution < -0.4 is 25.0 Å². The predicted octanol–water partition coefficient (Wildman–Crippen LogP) is 5.10. The lowest BCUT2D eigenvalue weighted by Crippen LogP contribution is -2.41. The predicted molar refractivity (Wildman–Crippen MR) is 157 cm³/mol. The second-order valence-corrected chi connectivity index (χ2v) is 9.97. The van der Waals surface area contributed by atoms with Gasteiger partial charge in [0.25, 0.3) is 0 Å². The van der Waals surface area contributed by atoms with Crippen molar-refractivity contribution in [2.24, 2.45) is 5.92 Å². The maximum atomic E-state index is 13.2. The Labute approximate surface area is 236 Å². The SMILES string of the molecule is C/C=C(/OC)c1ccc(NC(=O)C2CCCN(c3nc(Nc4ccc(OC)c(OC)c4)c4ncsc4n3)C2)cn1. The number of pyridine rings is 1. The normalized spacial score (nSPS) is 15.6. The largest absolute Gasteiger partial charge is 0.495 e. The summed E-state index contributed by atoms with van der Waals surface area (Å²) in [6.07, 6.45) is 5.11. The molecule has 0 spiro atoms. The molecule has 1 saturated heterocycles. The minimum atomic E-state index is -0.221. The summed E-state index contributed by atoms with van der Waals surface area (Å²) in [6.45, 7) is 3.14. The van der Waals surface area contributed by atoms with Gasteiger partial charge in [-0.05, 0) is 50.1 Å². The van der Waals surface area contributed by atoms with Gasteiger partial charge in [0, 0.05) is 24.8 Å². The molecule has 4 heterocycles. The molecule has 12 heteroatoms. The molecular formula is C28H31N7O4S. The van der Waals surface area contributed by atoms with Crippen LogP contribution in [-0.4, -0.2) is 60.3 Å². The summed E-state index contributed by atoms with van der Waals surface area (Å²) in [6, 6.07) is 9.22. The number of piperidine rings is 1. The number of anilines is 4. The van der Waals surface area contributed by atoms with Gasteiger partial charge in [-0.2, -0.15) is 9.97 Å². The third-order valence-electron chi connectivity index (χ3n) is 6.67. The summed E-state index contributed by atoms with van der Waals surface area (Å²) in [5, 5.41) is 6.36. The van der Waals surface area contributed by atoms with Crippen molar-refractivity contribution in [1.82, 2.24) is 19.9 Å². The number of fused-ring (bicyclic) bond motifs is 1. The van der Waals surface area contributed by atoms with E-state index in [9.17, 15) is 4.79 Å². The number of hydrogen-bond acceptors (Lipinski definition) is 11. The molecule has 1 fully saturated rings. The molecule has 0 saturated carbocycles. The van der Waals surface area contributed by atoms with E-state index in [2.05, 4.69) is 25.5 Å². The lowest BCUT2D eigenvalue weighted by Gasteiger charge is -2.32. The highest BCUT2D eigenvalue weighted by Gasteiger charge is 2.28. The summed E-state index contributed by atoms with van der Waals surface area (Å²) in [5.41, 5.74) is 4.56. The van der Waals surface area contributed by atoms with E-state index >= 15 is 0 Å². The zero-order valence-corrected chi connectivity index (χ0v) is 23.6. The van der Waals surface area contributed by atoms with Gasteiger partial charge in [-0.1, -0.05) is 0 Å². The standard InChI is InChI=1S/C28H31N7O4S/c1-5-21(37-2)20-10-8-19(14-29-20)32-26(36)17-7-6-12-35(15-17)28-33-25(24-27(34-28)40-16-30-24)31-18-9-11-22(38-3)23(13-18)39-4/h5,8-11,13-14,16-17H,6-7,12,15H2,1-4H3,(H,32,36)(H,31,33,34)/b21-5+. The average molecular weight is 562 g/mol. The number of nitrogens with one attached hydrogen (secondary N) is 2. The molecule has 0 aliphatic carbocycles. The van der Waals surface area contributed by atoms with Gasteiger partial charge in [-0.3, -0.25) is 9.78 Å². The number of aromatic nitrogens is 4. The Hall–Kier alpha value is -4.45. The summed E-state index contributed by atoms with van der Waals surface area (Å²) < 4.78 is 16.1. The van der Waals surface area contributed by atoms with Gasteiger partial charge in [0.15, 0.2) is 22.1 Å². The fourth-order valence-electron chi connectivity index (χ4n) is 4.63. The molecule has 1 aromatic carbocycles. The van der Waals surface area contributed by atoms with Gasteiger partial charge in [0.2, 0.25) is 11.9 Å². The van der Waals surface area contributed by atoms with E-state index in [4.69, 9.17) is 24.2 Å². The molecule has 1 aliphatic heterocycles. The lowest BCUT2D eigenvalue weighted by molar-refractivity contribution is -0.120. The first-order valence-corrected chi connectivity index (χ1v) is 13.7. The van der Waals surface area contributed by atoms with Crippen LogP contribution in [0.5, 0.6) is 11.5 Å². The molecule has 4 aromatic rings. The molecule has 3 aromatic heterocycles. The number of nitrogens with zero attached hydrogens (tertiary/aromatic N) is 5. The molecule has 11 nitrogen and oxygen atoms in total. The van der Waals surface area contributed by atoms with Crippen LogP contribution in [-0.2, 0) is 9.53 Å². The van der Waals surface area contributed by atoms with E-state index in [0.29, 0.717) is 52.5 Å². The van der Waals surface area contributed by atoms with E-state index in [1.165, 1.54) is 11.3 Å². The maximum absolute atomic E-state index is 13.2. The van der Waals surface area contributed by atoms with Crippen molar-refractivity contribution < 1.29 is 19.0 Å². The van der Waals surface area contributed by atoms with Crippen molar-refractivity contribution in [2.75, 3.05) is 50.0 Å². The van der Waals surface area contributed by atoms with Crippen LogP contribution in [0.1, 0.15) is 25.5 Å². The number of allylic oxidation sites excluding steroid dienone is 1. The molecule has 1 aliphatic rings. The molecule has 1 unspecified atom stereocenters. The molecule has 40 heavy (non-hydrogen) atoms. The number of amides is 1. The fraction of sp³-hybridized carbons (Fsp3) is 0.321. The third kappa shape index (κ3) is 5.76. The van der Waals surface area contributed by atoms with Crippen LogP contribution in [0.2, 0.25) is 0 Å². The summed E-state index contributed by atoms with van der Waals surface area (Å²) in [4.78, 5) is 34.5. The molecule has 0 radical (unpaired) electrons. The van der Waals surface area contributed by atoms with Gasteiger partial charge in [0.1, 0.15) is 17.0 Å². The number of carbonyl (C=O) groups is 1. The van der Waals surface area contributed by atoms with E-state index < -0.39 is 0 Å². The topological polar surface area (TPSA) is 124 Å². The van der Waals surface area contributed by atoms with Crippen molar-refractivity contribution in [3.63, 3.8) is 0 Å². The Morgan fingerprint density at radius 2 is 1.90 bits per heavy atom. The average Bonchev–Trinajstić information content (AvgIpc) is 3.48. The van der Waals surface area contributed by atoms with Crippen LogP contribution in [0, 0.1) is 5.92 Å². The van der Waals surface area contributed by atoms with Crippen LogP contribution >= 0.6 is 11.3 Å². The molecule has 5 rings (SSSR count). The smallest absolute Gasteiger partial charge is 0.229 e.